The summed E-state index contributed by atoms with van der Waals surface area (Å²) < 4.78 is 0. The molecule has 0 amide bonds. The minimum Gasteiger partial charge on any atom is -0.508 e. The number of hydrogen-bond donors (Lipinski definition) is 2. The number of para-hydroxylation sites is 1. The molecule has 0 aromatic heterocycles. The van der Waals surface area contributed by atoms with Crippen LogP contribution in [0.1, 0.15) is 23.5 Å². The van der Waals surface area contributed by atoms with E-state index in [-0.39, 0.29) is 0 Å². The summed E-state index contributed by atoms with van der Waals surface area (Å²) in [5, 5.41) is 12.8. The van der Waals surface area contributed by atoms with E-state index >= 15 is 0 Å². The van der Waals surface area contributed by atoms with E-state index in [1.807, 2.05) is 12.1 Å². The maximum absolute atomic E-state index is 9.34. The van der Waals surface area contributed by atoms with E-state index in [2.05, 4.69) is 29.6 Å². The number of fused-ring (bicyclic) bond motifs is 1. The molecule has 2 aromatic carbocycles. The zero-order valence-corrected chi connectivity index (χ0v) is 9.56. The Labute approximate surface area is 101 Å². The van der Waals surface area contributed by atoms with Gasteiger partial charge in [0.05, 0.1) is 0 Å². The SMILES string of the molecule is Oc1ccc(C2CCNc3ccccc32)cc1. The zero-order chi connectivity index (χ0) is 11.7. The first-order valence-corrected chi connectivity index (χ1v) is 5.96. The molecule has 2 aromatic rings. The molecule has 0 aliphatic carbocycles. The van der Waals surface area contributed by atoms with Gasteiger partial charge in [0.15, 0.2) is 0 Å². The average Bonchev–Trinajstić information content (AvgIpc) is 2.39. The molecule has 17 heavy (non-hydrogen) atoms. The summed E-state index contributed by atoms with van der Waals surface area (Å²) >= 11 is 0. The Morgan fingerprint density at radius 2 is 1.76 bits per heavy atom. The van der Waals surface area contributed by atoms with Gasteiger partial charge in [-0.3, -0.25) is 0 Å². The standard InChI is InChI=1S/C15H15NO/c17-12-7-5-11(6-8-12)13-9-10-16-15-4-2-1-3-14(13)15/h1-8,13,16-17H,9-10H2. The van der Waals surface area contributed by atoms with Crippen LogP contribution < -0.4 is 5.32 Å². The fraction of sp³-hybridized carbons (Fsp3) is 0.200. The fourth-order valence-electron chi connectivity index (χ4n) is 2.52. The predicted molar refractivity (Wildman–Crippen MR) is 69.5 cm³/mol. The van der Waals surface area contributed by atoms with Crippen LogP contribution in [0, 0.1) is 0 Å². The lowest BCUT2D eigenvalue weighted by Gasteiger charge is -2.27. The number of rotatable bonds is 1. The third-order valence-corrected chi connectivity index (χ3v) is 3.38. The van der Waals surface area contributed by atoms with E-state index in [0.29, 0.717) is 11.7 Å². The Bertz CT molecular complexity index is 519. The lowest BCUT2D eigenvalue weighted by Crippen LogP contribution is -2.17. The van der Waals surface area contributed by atoms with Gasteiger partial charge in [-0.2, -0.15) is 0 Å². The highest BCUT2D eigenvalue weighted by Crippen LogP contribution is 2.36. The Hall–Kier alpha value is -1.96. The molecule has 1 aliphatic heterocycles. The molecule has 0 bridgehead atoms. The number of benzene rings is 2. The monoisotopic (exact) mass is 225 g/mol. The number of phenols is 1. The second-order valence-corrected chi connectivity index (χ2v) is 4.45. The van der Waals surface area contributed by atoms with Crippen molar-refractivity contribution >= 4 is 5.69 Å². The van der Waals surface area contributed by atoms with Crippen molar-refractivity contribution in [2.45, 2.75) is 12.3 Å². The first-order valence-electron chi connectivity index (χ1n) is 5.96. The van der Waals surface area contributed by atoms with E-state index < -0.39 is 0 Å². The molecule has 0 saturated carbocycles. The van der Waals surface area contributed by atoms with Crippen LogP contribution in [0.2, 0.25) is 0 Å². The molecule has 0 spiro atoms. The summed E-state index contributed by atoms with van der Waals surface area (Å²) in [4.78, 5) is 0. The number of anilines is 1. The second-order valence-electron chi connectivity index (χ2n) is 4.45. The molecular weight excluding hydrogens is 210 g/mol. The molecule has 1 heterocycles. The van der Waals surface area contributed by atoms with E-state index in [1.165, 1.54) is 16.8 Å². The quantitative estimate of drug-likeness (QED) is 0.780. The van der Waals surface area contributed by atoms with Crippen molar-refractivity contribution in [3.05, 3.63) is 59.7 Å². The van der Waals surface area contributed by atoms with Crippen LogP contribution in [-0.2, 0) is 0 Å². The van der Waals surface area contributed by atoms with E-state index in [0.717, 1.165) is 13.0 Å². The van der Waals surface area contributed by atoms with Gasteiger partial charge in [0.2, 0.25) is 0 Å². The normalized spacial score (nSPS) is 18.2. The molecule has 2 nitrogen and oxygen atoms in total. The van der Waals surface area contributed by atoms with Crippen molar-refractivity contribution in [1.82, 2.24) is 0 Å². The van der Waals surface area contributed by atoms with Gasteiger partial charge < -0.3 is 10.4 Å². The Morgan fingerprint density at radius 3 is 2.59 bits per heavy atom. The van der Waals surface area contributed by atoms with Gasteiger partial charge in [-0.05, 0) is 35.7 Å². The van der Waals surface area contributed by atoms with Gasteiger partial charge in [0, 0.05) is 18.2 Å². The molecule has 1 aliphatic rings. The predicted octanol–water partition coefficient (Wildman–Crippen LogP) is 3.34. The van der Waals surface area contributed by atoms with Gasteiger partial charge in [-0.15, -0.1) is 0 Å². The molecule has 3 rings (SSSR count). The fourth-order valence-corrected chi connectivity index (χ4v) is 2.52. The van der Waals surface area contributed by atoms with Gasteiger partial charge in [-0.25, -0.2) is 0 Å². The van der Waals surface area contributed by atoms with Crippen molar-refractivity contribution in [2.24, 2.45) is 0 Å². The van der Waals surface area contributed by atoms with Crippen LogP contribution in [0.15, 0.2) is 48.5 Å². The third kappa shape index (κ3) is 1.86. The first kappa shape index (κ1) is 10.2. The van der Waals surface area contributed by atoms with Crippen LogP contribution in [0.3, 0.4) is 0 Å². The summed E-state index contributed by atoms with van der Waals surface area (Å²) in [5.74, 6) is 0.768. The highest BCUT2D eigenvalue weighted by atomic mass is 16.3. The number of aromatic hydroxyl groups is 1. The Kier molecular flexibility index (Phi) is 2.48. The van der Waals surface area contributed by atoms with Crippen molar-refractivity contribution in [1.29, 1.82) is 0 Å². The molecule has 86 valence electrons. The van der Waals surface area contributed by atoms with Crippen LogP contribution in [-0.4, -0.2) is 11.7 Å². The Balaban J connectivity index is 2.03. The van der Waals surface area contributed by atoms with Gasteiger partial charge in [0.1, 0.15) is 5.75 Å². The summed E-state index contributed by atoms with van der Waals surface area (Å²) in [5.41, 5.74) is 3.86. The summed E-state index contributed by atoms with van der Waals surface area (Å²) in [7, 11) is 0. The third-order valence-electron chi connectivity index (χ3n) is 3.38. The largest absolute Gasteiger partial charge is 0.508 e. The molecule has 2 N–H and O–H groups in total. The zero-order valence-electron chi connectivity index (χ0n) is 9.56. The smallest absolute Gasteiger partial charge is 0.115 e. The summed E-state index contributed by atoms with van der Waals surface area (Å²) in [6.07, 6.45) is 1.10. The van der Waals surface area contributed by atoms with Gasteiger partial charge in [0.25, 0.3) is 0 Å². The van der Waals surface area contributed by atoms with E-state index in [1.54, 1.807) is 12.1 Å². The maximum Gasteiger partial charge on any atom is 0.115 e. The van der Waals surface area contributed by atoms with Crippen molar-refractivity contribution in [3.8, 4) is 5.75 Å². The van der Waals surface area contributed by atoms with Crippen LogP contribution in [0.5, 0.6) is 5.75 Å². The first-order chi connectivity index (χ1) is 8.34. The lowest BCUT2D eigenvalue weighted by atomic mass is 9.85. The van der Waals surface area contributed by atoms with Gasteiger partial charge in [-0.1, -0.05) is 30.3 Å². The number of hydrogen-bond acceptors (Lipinski definition) is 2. The molecule has 1 unspecified atom stereocenters. The molecule has 2 heteroatoms. The highest BCUT2D eigenvalue weighted by Gasteiger charge is 2.20. The van der Waals surface area contributed by atoms with Crippen LogP contribution in [0.25, 0.3) is 0 Å². The molecular formula is C15H15NO. The lowest BCUT2D eigenvalue weighted by molar-refractivity contribution is 0.475. The molecule has 0 saturated heterocycles. The number of phenolic OH excluding ortho intramolecular Hbond substituents is 1. The topological polar surface area (TPSA) is 32.3 Å². The second kappa shape index (κ2) is 4.13. The van der Waals surface area contributed by atoms with E-state index in [4.69, 9.17) is 0 Å². The molecule has 0 radical (unpaired) electrons. The van der Waals surface area contributed by atoms with E-state index in [9.17, 15) is 5.11 Å². The average molecular weight is 225 g/mol. The minimum absolute atomic E-state index is 0.330. The van der Waals surface area contributed by atoms with Crippen LogP contribution >= 0.6 is 0 Å². The van der Waals surface area contributed by atoms with Crippen molar-refractivity contribution in [3.63, 3.8) is 0 Å². The maximum atomic E-state index is 9.34. The van der Waals surface area contributed by atoms with Crippen molar-refractivity contribution < 1.29 is 5.11 Å². The summed E-state index contributed by atoms with van der Waals surface area (Å²) in [6.45, 7) is 1.00. The van der Waals surface area contributed by atoms with Gasteiger partial charge >= 0.3 is 0 Å². The van der Waals surface area contributed by atoms with Crippen molar-refractivity contribution in [2.75, 3.05) is 11.9 Å². The van der Waals surface area contributed by atoms with Crippen LogP contribution in [0.4, 0.5) is 5.69 Å². The molecule has 1 atom stereocenters. The number of nitrogens with one attached hydrogen (secondary N) is 1. The Morgan fingerprint density at radius 1 is 1.00 bits per heavy atom. The molecule has 0 fully saturated rings. The summed E-state index contributed by atoms with van der Waals surface area (Å²) in [6, 6.07) is 16.0. The minimum atomic E-state index is 0.330. The highest BCUT2D eigenvalue weighted by molar-refractivity contribution is 5.57.